The first-order valence-corrected chi connectivity index (χ1v) is 6.71. The summed E-state index contributed by atoms with van der Waals surface area (Å²) < 4.78 is 0. The van der Waals surface area contributed by atoms with Gasteiger partial charge in [0.15, 0.2) is 5.78 Å². The number of benzene rings is 2. The molecular formula is C17H17OS. The van der Waals surface area contributed by atoms with Crippen molar-refractivity contribution in [2.45, 2.75) is 31.1 Å². The van der Waals surface area contributed by atoms with E-state index in [-0.39, 0.29) is 11.2 Å². The van der Waals surface area contributed by atoms with Gasteiger partial charge in [0, 0.05) is 16.0 Å². The normalized spacial score (nSPS) is 11.3. The zero-order chi connectivity index (χ0) is 14.0. The van der Waals surface area contributed by atoms with E-state index < -0.39 is 0 Å². The van der Waals surface area contributed by atoms with Crippen LogP contribution in [0, 0.1) is 0 Å². The van der Waals surface area contributed by atoms with Gasteiger partial charge in [0.05, 0.1) is 0 Å². The van der Waals surface area contributed by atoms with Gasteiger partial charge in [-0.2, -0.15) is 0 Å². The van der Waals surface area contributed by atoms with Crippen LogP contribution in [0.15, 0.2) is 53.4 Å². The molecule has 0 spiro atoms. The zero-order valence-electron chi connectivity index (χ0n) is 11.4. The van der Waals surface area contributed by atoms with E-state index in [1.165, 1.54) is 5.56 Å². The predicted octanol–water partition coefficient (Wildman–Crippen LogP) is 4.77. The first-order valence-electron chi connectivity index (χ1n) is 6.30. The van der Waals surface area contributed by atoms with Gasteiger partial charge in [-0.1, -0.05) is 57.7 Å². The third-order valence-corrected chi connectivity index (χ3v) is 3.40. The molecule has 1 radical (unpaired) electrons. The van der Waals surface area contributed by atoms with Crippen LogP contribution in [0.25, 0.3) is 0 Å². The monoisotopic (exact) mass is 269 g/mol. The molecule has 19 heavy (non-hydrogen) atoms. The average Bonchev–Trinajstić information content (AvgIpc) is 2.38. The molecule has 0 amide bonds. The minimum absolute atomic E-state index is 0.0375. The van der Waals surface area contributed by atoms with Crippen LogP contribution >= 0.6 is 12.6 Å². The van der Waals surface area contributed by atoms with Crippen LogP contribution in [0.3, 0.4) is 0 Å². The van der Waals surface area contributed by atoms with Gasteiger partial charge >= 0.3 is 0 Å². The van der Waals surface area contributed by atoms with E-state index in [0.717, 1.165) is 4.90 Å². The van der Waals surface area contributed by atoms with Crippen molar-refractivity contribution in [2.75, 3.05) is 0 Å². The fraction of sp³-hybridized carbons (Fsp3) is 0.235. The Kier molecular flexibility index (Phi) is 3.72. The molecule has 0 atom stereocenters. The Morgan fingerprint density at radius 1 is 0.842 bits per heavy atom. The summed E-state index contributed by atoms with van der Waals surface area (Å²) in [5, 5.41) is 0. The van der Waals surface area contributed by atoms with Gasteiger partial charge < -0.3 is 0 Å². The molecule has 0 heterocycles. The molecule has 97 valence electrons. The summed E-state index contributed by atoms with van der Waals surface area (Å²) in [6, 6.07) is 15.0. The fourth-order valence-corrected chi connectivity index (χ4v) is 2.03. The summed E-state index contributed by atoms with van der Waals surface area (Å²) in [6.45, 7) is 6.48. The maximum absolute atomic E-state index is 12.3. The molecule has 0 saturated heterocycles. The third kappa shape index (κ3) is 3.21. The second kappa shape index (κ2) is 5.14. The SMILES string of the molecule is CC(C)(C)c1ccc(C(=O)c2ccc([S])cc2)cc1. The summed E-state index contributed by atoms with van der Waals surface area (Å²) in [7, 11) is 0. The number of hydrogen-bond acceptors (Lipinski definition) is 1. The fourth-order valence-electron chi connectivity index (χ4n) is 1.89. The number of carbonyl (C=O) groups is 1. The number of hydrogen-bond donors (Lipinski definition) is 0. The Bertz CT molecular complexity index is 574. The van der Waals surface area contributed by atoms with E-state index in [2.05, 4.69) is 20.8 Å². The van der Waals surface area contributed by atoms with Crippen molar-refractivity contribution < 1.29 is 4.79 Å². The van der Waals surface area contributed by atoms with E-state index in [0.29, 0.717) is 11.1 Å². The largest absolute Gasteiger partial charge is 0.289 e. The third-order valence-electron chi connectivity index (χ3n) is 3.13. The highest BCUT2D eigenvalue weighted by Crippen LogP contribution is 2.23. The van der Waals surface area contributed by atoms with Crippen molar-refractivity contribution in [3.63, 3.8) is 0 Å². The van der Waals surface area contributed by atoms with Gasteiger partial charge in [0.1, 0.15) is 0 Å². The van der Waals surface area contributed by atoms with Crippen LogP contribution < -0.4 is 0 Å². The molecule has 0 aliphatic carbocycles. The quantitative estimate of drug-likeness (QED) is 0.718. The molecule has 0 aromatic heterocycles. The first-order chi connectivity index (χ1) is 8.88. The van der Waals surface area contributed by atoms with E-state index in [9.17, 15) is 4.79 Å². The number of carbonyl (C=O) groups excluding carboxylic acids is 1. The second-order valence-corrected chi connectivity index (χ2v) is 6.15. The Morgan fingerprint density at radius 3 is 1.68 bits per heavy atom. The highest BCUT2D eigenvalue weighted by molar-refractivity contribution is 7.80. The van der Waals surface area contributed by atoms with Crippen molar-refractivity contribution in [1.29, 1.82) is 0 Å². The number of ketones is 1. The van der Waals surface area contributed by atoms with Crippen molar-refractivity contribution in [1.82, 2.24) is 0 Å². The van der Waals surface area contributed by atoms with Gasteiger partial charge in [0.2, 0.25) is 0 Å². The van der Waals surface area contributed by atoms with Crippen molar-refractivity contribution in [2.24, 2.45) is 0 Å². The molecule has 0 unspecified atom stereocenters. The summed E-state index contributed by atoms with van der Waals surface area (Å²) in [6.07, 6.45) is 0. The van der Waals surface area contributed by atoms with Crippen molar-refractivity contribution in [3.05, 3.63) is 65.2 Å². The standard InChI is InChI=1S/C17H17OS/c1-17(2,3)14-8-4-12(5-9-14)16(18)13-6-10-15(19)11-7-13/h4-11H,1-3H3. The molecule has 0 aliphatic heterocycles. The van der Waals surface area contributed by atoms with Crippen LogP contribution in [-0.2, 0) is 5.41 Å². The highest BCUT2D eigenvalue weighted by Gasteiger charge is 2.14. The Balaban J connectivity index is 2.27. The lowest BCUT2D eigenvalue weighted by Gasteiger charge is -2.19. The Labute approximate surface area is 120 Å². The van der Waals surface area contributed by atoms with E-state index in [4.69, 9.17) is 12.6 Å². The van der Waals surface area contributed by atoms with Crippen LogP contribution in [0.5, 0.6) is 0 Å². The average molecular weight is 269 g/mol. The van der Waals surface area contributed by atoms with Crippen LogP contribution in [-0.4, -0.2) is 5.78 Å². The second-order valence-electron chi connectivity index (χ2n) is 5.68. The van der Waals surface area contributed by atoms with Gasteiger partial charge in [-0.3, -0.25) is 4.79 Å². The molecule has 0 fully saturated rings. The summed E-state index contributed by atoms with van der Waals surface area (Å²) in [5.41, 5.74) is 2.72. The van der Waals surface area contributed by atoms with Crippen LogP contribution in [0.4, 0.5) is 0 Å². The molecule has 0 bridgehead atoms. The molecule has 0 N–H and O–H groups in total. The van der Waals surface area contributed by atoms with Gasteiger partial charge in [-0.25, -0.2) is 0 Å². The maximum atomic E-state index is 12.3. The molecule has 1 nitrogen and oxygen atoms in total. The molecule has 2 aromatic carbocycles. The van der Waals surface area contributed by atoms with E-state index in [1.807, 2.05) is 24.3 Å². The molecule has 0 aliphatic rings. The number of rotatable bonds is 2. The van der Waals surface area contributed by atoms with Gasteiger partial charge in [-0.15, -0.1) is 0 Å². The molecule has 2 heteroatoms. The molecular weight excluding hydrogens is 252 g/mol. The molecule has 2 rings (SSSR count). The Hall–Kier alpha value is -1.67. The van der Waals surface area contributed by atoms with Gasteiger partial charge in [0.25, 0.3) is 0 Å². The van der Waals surface area contributed by atoms with Crippen molar-refractivity contribution in [3.8, 4) is 0 Å². The van der Waals surface area contributed by atoms with Gasteiger partial charge in [-0.05, 0) is 35.2 Å². The summed E-state index contributed by atoms with van der Waals surface area (Å²) >= 11 is 5.02. The maximum Gasteiger partial charge on any atom is 0.193 e. The lowest BCUT2D eigenvalue weighted by molar-refractivity contribution is 0.103. The van der Waals surface area contributed by atoms with E-state index in [1.54, 1.807) is 24.3 Å². The molecule has 2 aromatic rings. The Morgan fingerprint density at radius 2 is 1.26 bits per heavy atom. The lowest BCUT2D eigenvalue weighted by Crippen LogP contribution is -2.11. The topological polar surface area (TPSA) is 17.1 Å². The summed E-state index contributed by atoms with van der Waals surface area (Å²) in [4.78, 5) is 13.0. The molecule has 0 saturated carbocycles. The lowest BCUT2D eigenvalue weighted by atomic mass is 9.86. The summed E-state index contributed by atoms with van der Waals surface area (Å²) in [5.74, 6) is 0.0375. The highest BCUT2D eigenvalue weighted by atomic mass is 32.1. The predicted molar refractivity (Wildman–Crippen MR) is 80.9 cm³/mol. The van der Waals surface area contributed by atoms with E-state index >= 15 is 0 Å². The smallest absolute Gasteiger partial charge is 0.193 e. The van der Waals surface area contributed by atoms with Crippen LogP contribution in [0.2, 0.25) is 0 Å². The minimum Gasteiger partial charge on any atom is -0.289 e. The van der Waals surface area contributed by atoms with Crippen molar-refractivity contribution >= 4 is 18.4 Å². The minimum atomic E-state index is 0.0375. The zero-order valence-corrected chi connectivity index (χ0v) is 12.3. The van der Waals surface area contributed by atoms with Crippen LogP contribution in [0.1, 0.15) is 42.3 Å². The first kappa shape index (κ1) is 13.8.